The zero-order chi connectivity index (χ0) is 17.8. The summed E-state index contributed by atoms with van der Waals surface area (Å²) in [5.74, 6) is -0.184. The van der Waals surface area contributed by atoms with Crippen LogP contribution >= 0.6 is 22.9 Å². The maximum Gasteiger partial charge on any atom is 0.409 e. The first-order chi connectivity index (χ1) is 12.1. The molecule has 2 aromatic rings. The number of nitrogens with zero attached hydrogens (tertiary/aromatic N) is 3. The molecule has 0 spiro atoms. The third-order valence-electron chi connectivity index (χ3n) is 4.01. The van der Waals surface area contributed by atoms with Crippen molar-refractivity contribution in [1.29, 1.82) is 0 Å². The fourth-order valence-corrected chi connectivity index (χ4v) is 3.76. The number of carbonyl (C=O) groups excluding carboxylic acids is 2. The molecular formula is C16H19ClN4O3S. The number of hydrogen-bond acceptors (Lipinski definition) is 5. The highest BCUT2D eigenvalue weighted by molar-refractivity contribution is 7.15. The number of thiazole rings is 1. The number of halogens is 1. The summed E-state index contributed by atoms with van der Waals surface area (Å²) in [6.45, 7) is 3.32. The van der Waals surface area contributed by atoms with Crippen LogP contribution in [0.15, 0.2) is 17.7 Å². The van der Waals surface area contributed by atoms with E-state index in [1.807, 2.05) is 16.0 Å². The van der Waals surface area contributed by atoms with Gasteiger partial charge in [0, 0.05) is 36.8 Å². The Balaban J connectivity index is 1.52. The molecule has 1 saturated heterocycles. The lowest BCUT2D eigenvalue weighted by Crippen LogP contribution is -2.46. The van der Waals surface area contributed by atoms with Crippen LogP contribution in [0.4, 0.5) is 4.79 Å². The van der Waals surface area contributed by atoms with Crippen molar-refractivity contribution < 1.29 is 14.3 Å². The fourth-order valence-electron chi connectivity index (χ4n) is 2.75. The Morgan fingerprint density at radius 3 is 2.96 bits per heavy atom. The van der Waals surface area contributed by atoms with Gasteiger partial charge in [0.05, 0.1) is 12.3 Å². The van der Waals surface area contributed by atoms with Gasteiger partial charge in [-0.2, -0.15) is 0 Å². The van der Waals surface area contributed by atoms with Crippen molar-refractivity contribution in [2.24, 2.45) is 0 Å². The lowest BCUT2D eigenvalue weighted by molar-refractivity contribution is -0.117. The summed E-state index contributed by atoms with van der Waals surface area (Å²) in [6, 6.07) is 0.0462. The molecule has 3 heterocycles. The summed E-state index contributed by atoms with van der Waals surface area (Å²) in [5.41, 5.74) is 0.685. The van der Waals surface area contributed by atoms with Gasteiger partial charge in [-0.15, -0.1) is 11.3 Å². The van der Waals surface area contributed by atoms with E-state index in [4.69, 9.17) is 16.3 Å². The summed E-state index contributed by atoms with van der Waals surface area (Å²) in [5, 5.41) is 5.24. The Bertz CT molecular complexity index is 792. The summed E-state index contributed by atoms with van der Waals surface area (Å²) in [6.07, 6.45) is 6.12. The van der Waals surface area contributed by atoms with Crippen LogP contribution in [0.1, 0.15) is 25.5 Å². The number of carbonyl (C=O) groups is 2. The Labute approximate surface area is 154 Å². The molecule has 7 nitrogen and oxygen atoms in total. The third kappa shape index (κ3) is 4.13. The molecule has 9 heteroatoms. The number of amides is 2. The number of piperidine rings is 1. The largest absolute Gasteiger partial charge is 0.450 e. The van der Waals surface area contributed by atoms with Crippen molar-refractivity contribution in [3.8, 4) is 0 Å². The van der Waals surface area contributed by atoms with Crippen LogP contribution in [-0.2, 0) is 9.53 Å². The summed E-state index contributed by atoms with van der Waals surface area (Å²) < 4.78 is 6.83. The molecule has 134 valence electrons. The average molecular weight is 383 g/mol. The predicted octanol–water partition coefficient (Wildman–Crippen LogP) is 2.80. The molecule has 0 saturated carbocycles. The molecule has 0 aromatic carbocycles. The highest BCUT2D eigenvalue weighted by atomic mass is 35.5. The van der Waals surface area contributed by atoms with Crippen LogP contribution in [0.25, 0.3) is 11.0 Å². The van der Waals surface area contributed by atoms with Crippen molar-refractivity contribution in [2.75, 3.05) is 19.7 Å². The van der Waals surface area contributed by atoms with Gasteiger partial charge in [-0.3, -0.25) is 9.20 Å². The van der Waals surface area contributed by atoms with Gasteiger partial charge in [-0.1, -0.05) is 11.6 Å². The van der Waals surface area contributed by atoms with Crippen molar-refractivity contribution in [2.45, 2.75) is 25.8 Å². The molecule has 0 radical (unpaired) electrons. The second-order valence-electron chi connectivity index (χ2n) is 5.65. The first-order valence-electron chi connectivity index (χ1n) is 8.09. The molecule has 1 N–H and O–H groups in total. The minimum absolute atomic E-state index is 0.0462. The monoisotopic (exact) mass is 382 g/mol. The van der Waals surface area contributed by atoms with E-state index in [9.17, 15) is 9.59 Å². The number of hydrogen-bond donors (Lipinski definition) is 1. The van der Waals surface area contributed by atoms with Gasteiger partial charge in [0.25, 0.3) is 0 Å². The summed E-state index contributed by atoms with van der Waals surface area (Å²) >= 11 is 7.58. The van der Waals surface area contributed by atoms with Crippen molar-refractivity contribution in [1.82, 2.24) is 19.6 Å². The smallest absolute Gasteiger partial charge is 0.409 e. The van der Waals surface area contributed by atoms with E-state index in [1.165, 1.54) is 17.4 Å². The molecule has 2 aromatic heterocycles. The molecule has 2 amide bonds. The Morgan fingerprint density at radius 1 is 1.48 bits per heavy atom. The highest BCUT2D eigenvalue weighted by Gasteiger charge is 2.24. The van der Waals surface area contributed by atoms with Gasteiger partial charge in [-0.25, -0.2) is 9.78 Å². The molecule has 3 rings (SSSR count). The zero-order valence-electron chi connectivity index (χ0n) is 13.8. The molecular weight excluding hydrogens is 364 g/mol. The van der Waals surface area contributed by atoms with E-state index in [0.717, 1.165) is 4.96 Å². The molecule has 0 aliphatic carbocycles. The molecule has 25 heavy (non-hydrogen) atoms. The zero-order valence-corrected chi connectivity index (χ0v) is 15.3. The molecule has 0 atom stereocenters. The first-order valence-corrected chi connectivity index (χ1v) is 9.35. The second-order valence-corrected chi connectivity index (χ2v) is 6.88. The Kier molecular flexibility index (Phi) is 5.60. The van der Waals surface area contributed by atoms with E-state index in [-0.39, 0.29) is 18.0 Å². The van der Waals surface area contributed by atoms with E-state index in [1.54, 1.807) is 17.9 Å². The maximum absolute atomic E-state index is 12.1. The van der Waals surface area contributed by atoms with Gasteiger partial charge in [0.1, 0.15) is 0 Å². The van der Waals surface area contributed by atoms with Crippen LogP contribution in [-0.4, -0.2) is 52.0 Å². The first kappa shape index (κ1) is 17.8. The van der Waals surface area contributed by atoms with Crippen LogP contribution in [0, 0.1) is 0 Å². The summed E-state index contributed by atoms with van der Waals surface area (Å²) in [4.78, 5) is 30.5. The molecule has 0 unspecified atom stereocenters. The van der Waals surface area contributed by atoms with Gasteiger partial charge >= 0.3 is 6.09 Å². The van der Waals surface area contributed by atoms with Crippen LogP contribution < -0.4 is 5.32 Å². The normalized spacial score (nSPS) is 15.8. The van der Waals surface area contributed by atoms with Gasteiger partial charge in [-0.05, 0) is 25.8 Å². The van der Waals surface area contributed by atoms with E-state index >= 15 is 0 Å². The van der Waals surface area contributed by atoms with Crippen LogP contribution in [0.3, 0.4) is 0 Å². The molecule has 0 bridgehead atoms. The third-order valence-corrected chi connectivity index (χ3v) is 5.05. The Hall–Kier alpha value is -2.06. The average Bonchev–Trinajstić information content (AvgIpc) is 3.14. The van der Waals surface area contributed by atoms with E-state index in [0.29, 0.717) is 43.4 Å². The molecule has 1 aliphatic heterocycles. The molecule has 1 aliphatic rings. The predicted molar refractivity (Wildman–Crippen MR) is 96.9 cm³/mol. The van der Waals surface area contributed by atoms with Crippen molar-refractivity contribution in [3.63, 3.8) is 0 Å². The van der Waals surface area contributed by atoms with Crippen molar-refractivity contribution in [3.05, 3.63) is 28.5 Å². The van der Waals surface area contributed by atoms with Gasteiger partial charge < -0.3 is 15.0 Å². The minimum atomic E-state index is -0.290. The Morgan fingerprint density at radius 2 is 2.24 bits per heavy atom. The highest BCUT2D eigenvalue weighted by Crippen LogP contribution is 2.22. The fraction of sp³-hybridized carbons (Fsp3) is 0.438. The van der Waals surface area contributed by atoms with E-state index < -0.39 is 0 Å². The van der Waals surface area contributed by atoms with Gasteiger partial charge in [0.15, 0.2) is 10.1 Å². The number of aromatic nitrogens is 2. The van der Waals surface area contributed by atoms with Crippen LogP contribution in [0.5, 0.6) is 0 Å². The van der Waals surface area contributed by atoms with Gasteiger partial charge in [0.2, 0.25) is 5.91 Å². The van der Waals surface area contributed by atoms with Crippen molar-refractivity contribution >= 4 is 46.0 Å². The summed E-state index contributed by atoms with van der Waals surface area (Å²) in [7, 11) is 0. The number of ether oxygens (including phenoxy) is 1. The number of nitrogens with one attached hydrogen (secondary N) is 1. The topological polar surface area (TPSA) is 75.9 Å². The number of rotatable bonds is 4. The minimum Gasteiger partial charge on any atom is -0.450 e. The second kappa shape index (κ2) is 7.88. The standard InChI is InChI=1S/C16H19ClN4O3S/c1-2-24-16(23)20-7-5-11(6-8-20)18-13(22)4-3-12-14(17)19-15-21(12)9-10-25-15/h3-4,9-11H,2,5-8H2,1H3,(H,18,22)/b4-3+. The SMILES string of the molecule is CCOC(=O)N1CCC(NC(=O)/C=C/c2c(Cl)nc3sccn23)CC1. The lowest BCUT2D eigenvalue weighted by Gasteiger charge is -2.31. The number of fused-ring (bicyclic) bond motifs is 1. The quantitative estimate of drug-likeness (QED) is 0.825. The van der Waals surface area contributed by atoms with Crippen LogP contribution in [0.2, 0.25) is 5.15 Å². The lowest BCUT2D eigenvalue weighted by atomic mass is 10.1. The maximum atomic E-state index is 12.1. The molecule has 1 fully saturated rings. The number of likely N-dealkylation sites (tertiary alicyclic amines) is 1. The number of imidazole rings is 1. The van der Waals surface area contributed by atoms with E-state index in [2.05, 4.69) is 10.3 Å².